The maximum absolute atomic E-state index is 12.4. The number of ketones is 1. The SMILES string of the molecule is Cc1cc(C(=O)CN(C)C(C)c2cccc(Cl)c2)c(C)s1. The highest BCUT2D eigenvalue weighted by atomic mass is 35.5. The molecular formula is C17H20ClNOS. The topological polar surface area (TPSA) is 20.3 Å². The average Bonchev–Trinajstić information content (AvgIpc) is 2.76. The molecule has 1 heterocycles. The van der Waals surface area contributed by atoms with Gasteiger partial charge in [0, 0.05) is 26.4 Å². The number of rotatable bonds is 5. The number of hydrogen-bond donors (Lipinski definition) is 0. The Kier molecular flexibility index (Phi) is 5.20. The number of aryl methyl sites for hydroxylation is 2. The molecule has 2 rings (SSSR count). The zero-order chi connectivity index (χ0) is 15.6. The molecule has 21 heavy (non-hydrogen) atoms. The number of hydrogen-bond acceptors (Lipinski definition) is 3. The van der Waals surface area contributed by atoms with Gasteiger partial charge in [-0.05, 0) is 51.6 Å². The van der Waals surface area contributed by atoms with E-state index in [1.54, 1.807) is 11.3 Å². The molecule has 1 aromatic carbocycles. The minimum atomic E-state index is 0.146. The third kappa shape index (κ3) is 3.94. The molecule has 0 N–H and O–H groups in total. The molecule has 1 unspecified atom stereocenters. The van der Waals surface area contributed by atoms with Gasteiger partial charge in [0.25, 0.3) is 0 Å². The molecule has 112 valence electrons. The molecule has 2 nitrogen and oxygen atoms in total. The van der Waals surface area contributed by atoms with Crippen LogP contribution in [0.4, 0.5) is 0 Å². The highest BCUT2D eigenvalue weighted by molar-refractivity contribution is 7.12. The number of benzene rings is 1. The number of Topliss-reactive ketones (excluding diaryl/α,β-unsaturated/α-hetero) is 1. The van der Waals surface area contributed by atoms with Crippen molar-refractivity contribution in [2.45, 2.75) is 26.8 Å². The highest BCUT2D eigenvalue weighted by Gasteiger charge is 2.18. The van der Waals surface area contributed by atoms with Crippen molar-refractivity contribution in [2.75, 3.05) is 13.6 Å². The summed E-state index contributed by atoms with van der Waals surface area (Å²) in [6.45, 7) is 6.54. The van der Waals surface area contributed by atoms with Crippen molar-refractivity contribution in [3.8, 4) is 0 Å². The Hall–Kier alpha value is -1.16. The summed E-state index contributed by atoms with van der Waals surface area (Å²) in [7, 11) is 1.97. The summed E-state index contributed by atoms with van der Waals surface area (Å²) in [5, 5.41) is 0.725. The number of thiophene rings is 1. The van der Waals surface area contributed by atoms with Gasteiger partial charge in [-0.3, -0.25) is 9.69 Å². The van der Waals surface area contributed by atoms with Crippen molar-refractivity contribution in [2.24, 2.45) is 0 Å². The third-order valence-corrected chi connectivity index (χ3v) is 4.93. The molecule has 0 amide bonds. The second kappa shape index (κ2) is 6.73. The quantitative estimate of drug-likeness (QED) is 0.730. The molecule has 1 aromatic heterocycles. The van der Waals surface area contributed by atoms with Gasteiger partial charge in [-0.15, -0.1) is 11.3 Å². The van der Waals surface area contributed by atoms with Crippen molar-refractivity contribution < 1.29 is 4.79 Å². The van der Waals surface area contributed by atoms with Crippen LogP contribution in [-0.4, -0.2) is 24.3 Å². The molecule has 0 saturated carbocycles. The van der Waals surface area contributed by atoms with E-state index >= 15 is 0 Å². The van der Waals surface area contributed by atoms with E-state index in [0.29, 0.717) is 6.54 Å². The normalized spacial score (nSPS) is 12.7. The minimum absolute atomic E-state index is 0.146. The Bertz CT molecular complexity index is 650. The number of carbonyl (C=O) groups is 1. The van der Waals surface area contributed by atoms with Gasteiger partial charge >= 0.3 is 0 Å². The van der Waals surface area contributed by atoms with Crippen molar-refractivity contribution in [1.82, 2.24) is 4.90 Å². The Morgan fingerprint density at radius 3 is 2.62 bits per heavy atom. The van der Waals surface area contributed by atoms with Crippen LogP contribution >= 0.6 is 22.9 Å². The van der Waals surface area contributed by atoms with Crippen LogP contribution in [0.1, 0.15) is 38.6 Å². The summed E-state index contributed by atoms with van der Waals surface area (Å²) in [6, 6.07) is 9.93. The van der Waals surface area contributed by atoms with Gasteiger partial charge in [-0.25, -0.2) is 0 Å². The molecule has 0 spiro atoms. The van der Waals surface area contributed by atoms with Crippen LogP contribution in [0, 0.1) is 13.8 Å². The second-order valence-electron chi connectivity index (χ2n) is 5.40. The monoisotopic (exact) mass is 321 g/mol. The van der Waals surface area contributed by atoms with E-state index in [9.17, 15) is 4.79 Å². The standard InChI is InChI=1S/C17H20ClNOS/c1-11-8-16(13(3)21-11)17(20)10-19(4)12(2)14-6-5-7-15(18)9-14/h5-9,12H,10H2,1-4H3. The average molecular weight is 322 g/mol. The Balaban J connectivity index is 2.08. The van der Waals surface area contributed by atoms with Crippen molar-refractivity contribution in [3.05, 3.63) is 56.2 Å². The summed E-state index contributed by atoms with van der Waals surface area (Å²) in [4.78, 5) is 16.8. The van der Waals surface area contributed by atoms with Gasteiger partial charge in [0.15, 0.2) is 5.78 Å². The van der Waals surface area contributed by atoms with Crippen molar-refractivity contribution >= 4 is 28.7 Å². The van der Waals surface area contributed by atoms with E-state index in [1.165, 1.54) is 4.88 Å². The molecular weight excluding hydrogens is 302 g/mol. The predicted octanol–water partition coefficient (Wildman–Crippen LogP) is 4.89. The third-order valence-electron chi connectivity index (χ3n) is 3.73. The second-order valence-corrected chi connectivity index (χ2v) is 7.29. The molecule has 0 aliphatic heterocycles. The number of halogens is 1. The summed E-state index contributed by atoms with van der Waals surface area (Å²) in [5.41, 5.74) is 1.97. The van der Waals surface area contributed by atoms with E-state index in [2.05, 4.69) is 11.8 Å². The molecule has 0 bridgehead atoms. The Labute approximate surface area is 135 Å². The van der Waals surface area contributed by atoms with Gasteiger partial charge in [0.2, 0.25) is 0 Å². The van der Waals surface area contributed by atoms with Crippen LogP contribution in [0.2, 0.25) is 5.02 Å². The first-order chi connectivity index (χ1) is 9.88. The van der Waals surface area contributed by atoms with Crippen LogP contribution in [0.5, 0.6) is 0 Å². The lowest BCUT2D eigenvalue weighted by molar-refractivity contribution is 0.0924. The molecule has 0 saturated heterocycles. The fourth-order valence-electron chi connectivity index (χ4n) is 2.38. The van der Waals surface area contributed by atoms with Gasteiger partial charge in [-0.1, -0.05) is 23.7 Å². The number of nitrogens with zero attached hydrogens (tertiary/aromatic N) is 1. The molecule has 0 radical (unpaired) electrons. The van der Waals surface area contributed by atoms with Crippen LogP contribution in [0.25, 0.3) is 0 Å². The molecule has 0 fully saturated rings. The van der Waals surface area contributed by atoms with Crippen LogP contribution in [-0.2, 0) is 0 Å². The number of carbonyl (C=O) groups excluding carboxylic acids is 1. The van der Waals surface area contributed by atoms with Crippen LogP contribution in [0.15, 0.2) is 30.3 Å². The van der Waals surface area contributed by atoms with E-state index in [1.807, 2.05) is 51.2 Å². The van der Waals surface area contributed by atoms with Crippen LogP contribution < -0.4 is 0 Å². The van der Waals surface area contributed by atoms with Gasteiger partial charge in [-0.2, -0.15) is 0 Å². The maximum Gasteiger partial charge on any atom is 0.177 e. The zero-order valence-corrected chi connectivity index (χ0v) is 14.4. The summed E-state index contributed by atoms with van der Waals surface area (Å²) in [5.74, 6) is 0.174. The molecule has 0 aliphatic carbocycles. The predicted molar refractivity (Wildman–Crippen MR) is 90.6 cm³/mol. The first kappa shape index (κ1) is 16.2. The summed E-state index contributed by atoms with van der Waals surface area (Å²) in [6.07, 6.45) is 0. The van der Waals surface area contributed by atoms with E-state index in [-0.39, 0.29) is 11.8 Å². The maximum atomic E-state index is 12.4. The van der Waals surface area contributed by atoms with Gasteiger partial charge in [0.05, 0.1) is 6.54 Å². The summed E-state index contributed by atoms with van der Waals surface area (Å²) < 4.78 is 0. The van der Waals surface area contributed by atoms with Gasteiger partial charge < -0.3 is 0 Å². The fourth-order valence-corrected chi connectivity index (χ4v) is 3.52. The zero-order valence-electron chi connectivity index (χ0n) is 12.8. The molecule has 4 heteroatoms. The fraction of sp³-hybridized carbons (Fsp3) is 0.353. The molecule has 2 aromatic rings. The van der Waals surface area contributed by atoms with Crippen molar-refractivity contribution in [1.29, 1.82) is 0 Å². The first-order valence-electron chi connectivity index (χ1n) is 6.94. The highest BCUT2D eigenvalue weighted by Crippen LogP contribution is 2.24. The summed E-state index contributed by atoms with van der Waals surface area (Å²) >= 11 is 7.71. The Morgan fingerprint density at radius 1 is 1.33 bits per heavy atom. The van der Waals surface area contributed by atoms with Crippen molar-refractivity contribution in [3.63, 3.8) is 0 Å². The first-order valence-corrected chi connectivity index (χ1v) is 8.14. The smallest absolute Gasteiger partial charge is 0.177 e. The van der Waals surface area contributed by atoms with E-state index < -0.39 is 0 Å². The number of likely N-dealkylation sites (N-methyl/N-ethyl adjacent to an activating group) is 1. The molecule has 1 atom stereocenters. The lowest BCUT2D eigenvalue weighted by Gasteiger charge is -2.24. The van der Waals surface area contributed by atoms with Gasteiger partial charge in [0.1, 0.15) is 0 Å². The van der Waals surface area contributed by atoms with Crippen LogP contribution in [0.3, 0.4) is 0 Å². The Morgan fingerprint density at radius 2 is 2.05 bits per heavy atom. The molecule has 0 aliphatic rings. The lowest BCUT2D eigenvalue weighted by atomic mass is 10.1. The van der Waals surface area contributed by atoms with E-state index in [4.69, 9.17) is 11.6 Å². The minimum Gasteiger partial charge on any atom is -0.293 e. The largest absolute Gasteiger partial charge is 0.293 e. The lowest BCUT2D eigenvalue weighted by Crippen LogP contribution is -2.28. The van der Waals surface area contributed by atoms with E-state index in [0.717, 1.165) is 21.0 Å².